The molecule has 21 heavy (non-hydrogen) atoms. The van der Waals surface area contributed by atoms with Crippen LogP contribution in [0.25, 0.3) is 16.9 Å². The molecule has 0 aliphatic carbocycles. The minimum Gasteiger partial charge on any atom is -0.495 e. The Kier molecular flexibility index (Phi) is 3.76. The molecule has 4 nitrogen and oxygen atoms in total. The van der Waals surface area contributed by atoms with Crippen LogP contribution in [0.1, 0.15) is 5.56 Å². The third-order valence-electron chi connectivity index (χ3n) is 3.25. The zero-order valence-electron chi connectivity index (χ0n) is 11.2. The van der Waals surface area contributed by atoms with Crippen molar-refractivity contribution in [3.05, 3.63) is 52.3 Å². The van der Waals surface area contributed by atoms with Crippen molar-refractivity contribution < 1.29 is 9.84 Å². The number of fused-ring (bicyclic) bond motifs is 1. The van der Waals surface area contributed by atoms with E-state index < -0.39 is 0 Å². The summed E-state index contributed by atoms with van der Waals surface area (Å²) < 4.78 is 7.03. The molecule has 0 unspecified atom stereocenters. The van der Waals surface area contributed by atoms with Gasteiger partial charge in [-0.1, -0.05) is 23.2 Å². The van der Waals surface area contributed by atoms with Crippen molar-refractivity contribution in [2.75, 3.05) is 7.11 Å². The van der Waals surface area contributed by atoms with Crippen LogP contribution < -0.4 is 4.74 Å². The summed E-state index contributed by atoms with van der Waals surface area (Å²) in [5, 5.41) is 10.6. The number of aliphatic hydroxyl groups excluding tert-OH is 1. The Morgan fingerprint density at radius 3 is 2.81 bits per heavy atom. The van der Waals surface area contributed by atoms with Crippen molar-refractivity contribution in [2.24, 2.45) is 0 Å². The van der Waals surface area contributed by atoms with Crippen LogP contribution in [0.4, 0.5) is 0 Å². The second-order valence-corrected chi connectivity index (χ2v) is 5.38. The summed E-state index contributed by atoms with van der Waals surface area (Å²) in [5.41, 5.74) is 2.91. The van der Waals surface area contributed by atoms with Crippen LogP contribution in [0.3, 0.4) is 0 Å². The predicted molar refractivity (Wildman–Crippen MR) is 83.1 cm³/mol. The highest BCUT2D eigenvalue weighted by Crippen LogP contribution is 2.33. The maximum absolute atomic E-state index is 9.56. The van der Waals surface area contributed by atoms with Gasteiger partial charge in [0, 0.05) is 29.0 Å². The summed E-state index contributed by atoms with van der Waals surface area (Å²) in [6.07, 6.45) is 3.70. The highest BCUT2D eigenvalue weighted by molar-refractivity contribution is 6.32. The standard InChI is InChI=1S/C15H12Cl2N2O2/c1-21-14-4-9(8-20)11(6-12(14)17)13-7-19-3-2-10(16)5-15(19)18-13/h2-7,20H,8H2,1H3. The van der Waals surface area contributed by atoms with Crippen LogP contribution in [0.2, 0.25) is 10.0 Å². The van der Waals surface area contributed by atoms with Gasteiger partial charge in [0.1, 0.15) is 11.4 Å². The number of methoxy groups -OCH3 is 1. The Balaban J connectivity index is 2.19. The topological polar surface area (TPSA) is 46.8 Å². The van der Waals surface area contributed by atoms with Crippen LogP contribution in [0.5, 0.6) is 5.75 Å². The molecule has 0 radical (unpaired) electrons. The van der Waals surface area contributed by atoms with E-state index in [1.165, 1.54) is 7.11 Å². The van der Waals surface area contributed by atoms with Gasteiger partial charge in [-0.25, -0.2) is 4.98 Å². The number of aromatic nitrogens is 2. The minimum atomic E-state index is -0.127. The molecule has 0 aliphatic heterocycles. The van der Waals surface area contributed by atoms with Crippen molar-refractivity contribution in [2.45, 2.75) is 6.61 Å². The van der Waals surface area contributed by atoms with Crippen LogP contribution >= 0.6 is 23.2 Å². The third-order valence-corrected chi connectivity index (χ3v) is 3.78. The zero-order chi connectivity index (χ0) is 15.0. The number of imidazole rings is 1. The van der Waals surface area contributed by atoms with Gasteiger partial charge in [0.05, 0.1) is 24.4 Å². The highest BCUT2D eigenvalue weighted by atomic mass is 35.5. The Labute approximate surface area is 131 Å². The van der Waals surface area contributed by atoms with Crippen LogP contribution in [0.15, 0.2) is 36.7 Å². The van der Waals surface area contributed by atoms with E-state index in [4.69, 9.17) is 27.9 Å². The number of halogens is 2. The molecule has 0 saturated heterocycles. The minimum absolute atomic E-state index is 0.127. The monoisotopic (exact) mass is 322 g/mol. The Morgan fingerprint density at radius 1 is 1.29 bits per heavy atom. The lowest BCUT2D eigenvalue weighted by Gasteiger charge is -2.09. The van der Waals surface area contributed by atoms with Gasteiger partial charge in [-0.2, -0.15) is 0 Å². The molecule has 0 aliphatic rings. The molecule has 0 fully saturated rings. The summed E-state index contributed by atoms with van der Waals surface area (Å²) in [4.78, 5) is 4.52. The van der Waals surface area contributed by atoms with E-state index in [2.05, 4.69) is 4.98 Å². The van der Waals surface area contributed by atoms with E-state index in [0.29, 0.717) is 27.1 Å². The molecule has 0 saturated carbocycles. The number of benzene rings is 1. The number of aliphatic hydroxyl groups is 1. The first-order chi connectivity index (χ1) is 10.1. The van der Waals surface area contributed by atoms with Crippen molar-refractivity contribution in [1.29, 1.82) is 0 Å². The van der Waals surface area contributed by atoms with Crippen molar-refractivity contribution in [3.63, 3.8) is 0 Å². The largest absolute Gasteiger partial charge is 0.495 e. The molecular formula is C15H12Cl2N2O2. The van der Waals surface area contributed by atoms with Crippen molar-refractivity contribution >= 4 is 28.8 Å². The normalized spacial score (nSPS) is 11.0. The summed E-state index contributed by atoms with van der Waals surface area (Å²) >= 11 is 12.1. The molecule has 0 spiro atoms. The molecule has 108 valence electrons. The average Bonchev–Trinajstić information content (AvgIpc) is 2.89. The SMILES string of the molecule is COc1cc(CO)c(-c2cn3ccc(Cl)cc3n2)cc1Cl. The van der Waals surface area contributed by atoms with Crippen molar-refractivity contribution in [3.8, 4) is 17.0 Å². The quantitative estimate of drug-likeness (QED) is 0.797. The van der Waals surface area contributed by atoms with E-state index in [-0.39, 0.29) is 6.61 Å². The first-order valence-corrected chi connectivity index (χ1v) is 7.00. The van der Waals surface area contributed by atoms with E-state index in [9.17, 15) is 5.11 Å². The molecule has 1 N–H and O–H groups in total. The fourth-order valence-electron chi connectivity index (χ4n) is 2.21. The van der Waals surface area contributed by atoms with E-state index in [0.717, 1.165) is 11.2 Å². The Hall–Kier alpha value is -1.75. The number of nitrogens with zero attached hydrogens (tertiary/aromatic N) is 2. The average molecular weight is 323 g/mol. The zero-order valence-corrected chi connectivity index (χ0v) is 12.7. The van der Waals surface area contributed by atoms with E-state index >= 15 is 0 Å². The van der Waals surface area contributed by atoms with Gasteiger partial charge in [0.25, 0.3) is 0 Å². The Bertz CT molecular complexity index is 815. The molecular weight excluding hydrogens is 311 g/mol. The summed E-state index contributed by atoms with van der Waals surface area (Å²) in [6, 6.07) is 7.02. The smallest absolute Gasteiger partial charge is 0.138 e. The third kappa shape index (κ3) is 2.58. The van der Waals surface area contributed by atoms with Gasteiger partial charge in [0.2, 0.25) is 0 Å². The number of hydrogen-bond donors (Lipinski definition) is 1. The molecule has 0 amide bonds. The second-order valence-electron chi connectivity index (χ2n) is 4.54. The van der Waals surface area contributed by atoms with E-state index in [1.54, 1.807) is 24.3 Å². The molecule has 1 aromatic carbocycles. The maximum atomic E-state index is 9.56. The van der Waals surface area contributed by atoms with Crippen LogP contribution in [0, 0.1) is 0 Å². The number of pyridine rings is 1. The van der Waals surface area contributed by atoms with Crippen LogP contribution in [-0.4, -0.2) is 21.6 Å². The molecule has 0 bridgehead atoms. The van der Waals surface area contributed by atoms with Gasteiger partial charge >= 0.3 is 0 Å². The Morgan fingerprint density at radius 2 is 2.10 bits per heavy atom. The molecule has 6 heteroatoms. The fraction of sp³-hybridized carbons (Fsp3) is 0.133. The fourth-order valence-corrected chi connectivity index (χ4v) is 2.60. The lowest BCUT2D eigenvalue weighted by atomic mass is 10.1. The molecule has 2 aromatic heterocycles. The van der Waals surface area contributed by atoms with E-state index in [1.807, 2.05) is 16.8 Å². The first kappa shape index (κ1) is 14.2. The first-order valence-electron chi connectivity index (χ1n) is 6.24. The number of ether oxygens (including phenoxy) is 1. The summed E-state index contributed by atoms with van der Waals surface area (Å²) in [5.74, 6) is 0.524. The van der Waals surface area contributed by atoms with Gasteiger partial charge in [0.15, 0.2) is 0 Å². The van der Waals surface area contributed by atoms with Crippen molar-refractivity contribution in [1.82, 2.24) is 9.38 Å². The molecule has 3 aromatic rings. The van der Waals surface area contributed by atoms with Gasteiger partial charge in [-0.15, -0.1) is 0 Å². The number of rotatable bonds is 3. The molecule has 3 rings (SSSR count). The maximum Gasteiger partial charge on any atom is 0.138 e. The lowest BCUT2D eigenvalue weighted by molar-refractivity contribution is 0.281. The van der Waals surface area contributed by atoms with Gasteiger partial charge in [-0.3, -0.25) is 0 Å². The predicted octanol–water partition coefficient (Wildman–Crippen LogP) is 3.81. The van der Waals surface area contributed by atoms with Gasteiger partial charge < -0.3 is 14.2 Å². The molecule has 0 atom stereocenters. The second kappa shape index (κ2) is 5.56. The molecule has 2 heterocycles. The summed E-state index contributed by atoms with van der Waals surface area (Å²) in [6.45, 7) is -0.127. The highest BCUT2D eigenvalue weighted by Gasteiger charge is 2.13. The van der Waals surface area contributed by atoms with Gasteiger partial charge in [-0.05, 0) is 23.8 Å². The lowest BCUT2D eigenvalue weighted by Crippen LogP contribution is -1.93. The number of hydrogen-bond acceptors (Lipinski definition) is 3. The summed E-state index contributed by atoms with van der Waals surface area (Å²) in [7, 11) is 1.54. The van der Waals surface area contributed by atoms with Crippen LogP contribution in [-0.2, 0) is 6.61 Å².